The monoisotopic (exact) mass is 372 g/mol. The third-order valence-electron chi connectivity index (χ3n) is 6.87. The minimum atomic E-state index is -0.128. The molecule has 0 N–H and O–H groups in total. The van der Waals surface area contributed by atoms with Gasteiger partial charge in [0, 0.05) is 11.3 Å². The van der Waals surface area contributed by atoms with E-state index in [0.717, 1.165) is 0 Å². The maximum absolute atomic E-state index is 6.17. The molecule has 6 unspecified atom stereocenters. The van der Waals surface area contributed by atoms with E-state index in [1.807, 2.05) is 0 Å². The molecule has 3 heteroatoms. The first-order valence-electron chi connectivity index (χ1n) is 10.2. The van der Waals surface area contributed by atoms with Gasteiger partial charge in [-0.25, -0.2) is 0 Å². The predicted octanol–water partition coefficient (Wildman–Crippen LogP) is 4.49. The van der Waals surface area contributed by atoms with Gasteiger partial charge in [0.2, 0.25) is 0 Å². The van der Waals surface area contributed by atoms with Gasteiger partial charge in [-0.1, -0.05) is 79.7 Å². The summed E-state index contributed by atoms with van der Waals surface area (Å²) in [6.07, 6.45) is 7.60. The number of benzene rings is 2. The molecule has 28 heavy (non-hydrogen) atoms. The largest absolute Gasteiger partial charge is 0.376 e. The van der Waals surface area contributed by atoms with E-state index in [1.165, 1.54) is 22.3 Å². The Kier molecular flexibility index (Phi) is 3.67. The van der Waals surface area contributed by atoms with Gasteiger partial charge in [0.05, 0.1) is 25.4 Å². The van der Waals surface area contributed by atoms with Crippen LogP contribution in [0.1, 0.15) is 12.5 Å². The second-order valence-corrected chi connectivity index (χ2v) is 8.46. The van der Waals surface area contributed by atoms with E-state index in [-0.39, 0.29) is 29.8 Å². The van der Waals surface area contributed by atoms with Crippen LogP contribution in [0.25, 0.3) is 16.7 Å². The zero-order valence-corrected chi connectivity index (χ0v) is 16.0. The number of hydrogen-bond donors (Lipinski definition) is 0. The first-order valence-corrected chi connectivity index (χ1v) is 10.2. The van der Waals surface area contributed by atoms with E-state index in [1.54, 1.807) is 0 Å². The molecule has 0 bridgehead atoms. The number of fused-ring (bicyclic) bond motifs is 5. The van der Waals surface area contributed by atoms with Gasteiger partial charge in [0.1, 0.15) is 12.2 Å². The van der Waals surface area contributed by atoms with Crippen LogP contribution in [0.3, 0.4) is 0 Å². The lowest BCUT2D eigenvalue weighted by Gasteiger charge is -2.40. The highest BCUT2D eigenvalue weighted by Crippen LogP contribution is 2.59. The topological polar surface area (TPSA) is 34.3 Å². The van der Waals surface area contributed by atoms with Gasteiger partial charge in [0.25, 0.3) is 0 Å². The van der Waals surface area contributed by atoms with Gasteiger partial charge in [-0.3, -0.25) is 0 Å². The van der Waals surface area contributed by atoms with E-state index in [2.05, 4.69) is 79.7 Å². The molecular weight excluding hydrogens is 348 g/mol. The second kappa shape index (κ2) is 6.15. The number of allylic oxidation sites excluding steroid dienone is 2. The zero-order chi connectivity index (χ0) is 18.7. The molecule has 3 saturated heterocycles. The molecule has 0 amide bonds. The maximum atomic E-state index is 6.17. The summed E-state index contributed by atoms with van der Waals surface area (Å²) in [6.45, 7) is 3.71. The molecule has 4 aliphatic rings. The molecule has 0 radical (unpaired) electrons. The number of epoxide rings is 2. The Morgan fingerprint density at radius 2 is 1.61 bits per heavy atom. The average Bonchev–Trinajstić information content (AvgIpc) is 3.65. The molecule has 3 nitrogen and oxygen atoms in total. The van der Waals surface area contributed by atoms with Crippen LogP contribution in [0, 0.1) is 11.3 Å². The Morgan fingerprint density at radius 1 is 0.857 bits per heavy atom. The Balaban J connectivity index is 1.49. The van der Waals surface area contributed by atoms with Crippen molar-refractivity contribution in [1.29, 1.82) is 0 Å². The predicted molar refractivity (Wildman–Crippen MR) is 109 cm³/mol. The van der Waals surface area contributed by atoms with Crippen LogP contribution >= 0.6 is 0 Å². The van der Waals surface area contributed by atoms with Crippen LogP contribution in [0.2, 0.25) is 0 Å². The summed E-state index contributed by atoms with van der Waals surface area (Å²) in [5, 5.41) is 0. The number of hydrogen-bond acceptors (Lipinski definition) is 3. The van der Waals surface area contributed by atoms with Crippen molar-refractivity contribution in [1.82, 2.24) is 0 Å². The lowest BCUT2D eigenvalue weighted by molar-refractivity contribution is 0.102. The molecule has 0 spiro atoms. The fraction of sp³-hybridized carbons (Fsp3) is 0.360. The van der Waals surface area contributed by atoms with Gasteiger partial charge in [-0.15, -0.1) is 0 Å². The molecule has 2 aromatic rings. The van der Waals surface area contributed by atoms with Crippen molar-refractivity contribution in [3.05, 3.63) is 78.4 Å². The fourth-order valence-electron chi connectivity index (χ4n) is 5.30. The Bertz CT molecular complexity index is 963. The molecular formula is C25H24O3. The molecule has 2 aromatic carbocycles. The van der Waals surface area contributed by atoms with Crippen molar-refractivity contribution in [2.75, 3.05) is 13.2 Å². The molecule has 142 valence electrons. The molecule has 6 atom stereocenters. The van der Waals surface area contributed by atoms with Crippen LogP contribution < -0.4 is 0 Å². The van der Waals surface area contributed by atoms with Gasteiger partial charge in [-0.2, -0.15) is 0 Å². The van der Waals surface area contributed by atoms with E-state index in [9.17, 15) is 0 Å². The molecule has 3 heterocycles. The standard InChI is InChI=1S/C25H24O3/c1-25-19(18-11-6-5-10-17(18)16-8-3-2-4-9-16)12-7-13-20(25)23-21(27-23)14-26-15-22-24(25)28-22/h2-13,20-24H,14-15H2,1H3. The van der Waals surface area contributed by atoms with Gasteiger partial charge in [0.15, 0.2) is 0 Å². The maximum Gasteiger partial charge on any atom is 0.108 e. The summed E-state index contributed by atoms with van der Waals surface area (Å²) in [6, 6.07) is 19.4. The zero-order valence-electron chi connectivity index (χ0n) is 16.0. The third-order valence-corrected chi connectivity index (χ3v) is 6.87. The van der Waals surface area contributed by atoms with Crippen molar-refractivity contribution in [2.45, 2.75) is 31.3 Å². The lowest BCUT2D eigenvalue weighted by atomic mass is 9.62. The van der Waals surface area contributed by atoms with Crippen LogP contribution in [0.15, 0.2) is 72.8 Å². The van der Waals surface area contributed by atoms with E-state index in [0.29, 0.717) is 19.1 Å². The van der Waals surface area contributed by atoms with Crippen molar-refractivity contribution in [3.63, 3.8) is 0 Å². The van der Waals surface area contributed by atoms with Crippen LogP contribution in [0.5, 0.6) is 0 Å². The van der Waals surface area contributed by atoms with Crippen molar-refractivity contribution < 1.29 is 14.2 Å². The van der Waals surface area contributed by atoms with Crippen LogP contribution in [-0.4, -0.2) is 37.6 Å². The van der Waals surface area contributed by atoms with E-state index < -0.39 is 0 Å². The van der Waals surface area contributed by atoms with Crippen LogP contribution in [-0.2, 0) is 14.2 Å². The minimum Gasteiger partial charge on any atom is -0.376 e. The van der Waals surface area contributed by atoms with Gasteiger partial charge >= 0.3 is 0 Å². The van der Waals surface area contributed by atoms with E-state index in [4.69, 9.17) is 14.2 Å². The Morgan fingerprint density at radius 3 is 2.46 bits per heavy atom. The summed E-state index contributed by atoms with van der Waals surface area (Å²) in [4.78, 5) is 0. The summed E-state index contributed by atoms with van der Waals surface area (Å²) >= 11 is 0. The SMILES string of the molecule is CC12C(c3ccccc3-c3ccccc3)=CC=CC1C1OC1COCC1OC12. The van der Waals surface area contributed by atoms with Gasteiger partial charge in [-0.05, 0) is 22.3 Å². The van der Waals surface area contributed by atoms with Crippen LogP contribution in [0.4, 0.5) is 0 Å². The molecule has 0 aromatic heterocycles. The summed E-state index contributed by atoms with van der Waals surface area (Å²) in [5.41, 5.74) is 5.03. The summed E-state index contributed by atoms with van der Waals surface area (Å²) in [7, 11) is 0. The fourth-order valence-corrected chi connectivity index (χ4v) is 5.30. The smallest absolute Gasteiger partial charge is 0.108 e. The highest BCUT2D eigenvalue weighted by molar-refractivity contribution is 5.85. The minimum absolute atomic E-state index is 0.128. The van der Waals surface area contributed by atoms with Crippen molar-refractivity contribution in [2.24, 2.45) is 11.3 Å². The quantitative estimate of drug-likeness (QED) is 0.728. The Hall–Kier alpha value is -2.20. The number of rotatable bonds is 2. The molecule has 3 aliphatic heterocycles. The molecule has 0 saturated carbocycles. The Labute approximate surface area is 165 Å². The average molecular weight is 372 g/mol. The summed E-state index contributed by atoms with van der Waals surface area (Å²) in [5.74, 6) is 0.304. The lowest BCUT2D eigenvalue weighted by Crippen LogP contribution is -2.39. The summed E-state index contributed by atoms with van der Waals surface area (Å²) < 4.78 is 18.1. The molecule has 1 aliphatic carbocycles. The molecule has 3 fully saturated rings. The third kappa shape index (κ3) is 2.47. The molecule has 6 rings (SSSR count). The first-order chi connectivity index (χ1) is 13.8. The van der Waals surface area contributed by atoms with Gasteiger partial charge < -0.3 is 14.2 Å². The normalized spacial score (nSPS) is 38.0. The van der Waals surface area contributed by atoms with E-state index >= 15 is 0 Å². The van der Waals surface area contributed by atoms with Crippen molar-refractivity contribution in [3.8, 4) is 11.1 Å². The second-order valence-electron chi connectivity index (χ2n) is 8.46. The number of ether oxygens (including phenoxy) is 3. The highest BCUT2D eigenvalue weighted by Gasteiger charge is 2.63. The first kappa shape index (κ1) is 16.7. The highest BCUT2D eigenvalue weighted by atomic mass is 16.6. The van der Waals surface area contributed by atoms with Crippen molar-refractivity contribution >= 4 is 5.57 Å².